The van der Waals surface area contributed by atoms with E-state index in [1.807, 2.05) is 44.3 Å². The molecule has 1 unspecified atom stereocenters. The normalized spacial score (nSPS) is 12.7. The molecule has 2 aromatic rings. The molecule has 0 saturated carbocycles. The second-order valence-electron chi connectivity index (χ2n) is 3.68. The third-order valence-corrected chi connectivity index (χ3v) is 3.06. The Bertz CT molecular complexity index is 478. The standard InChI is InChI=1S/C13H14ClNO/c1-9-10(7-8-16-9)13(15-2)11-5-3-4-6-12(11)14/h3-8,13,15H,1-2H3. The molecule has 2 rings (SSSR count). The monoisotopic (exact) mass is 235 g/mol. The number of rotatable bonds is 3. The van der Waals surface area contributed by atoms with E-state index in [4.69, 9.17) is 16.0 Å². The molecule has 0 aliphatic heterocycles. The minimum Gasteiger partial charge on any atom is -0.469 e. The van der Waals surface area contributed by atoms with Crippen LogP contribution in [0.3, 0.4) is 0 Å². The summed E-state index contributed by atoms with van der Waals surface area (Å²) in [4.78, 5) is 0. The summed E-state index contributed by atoms with van der Waals surface area (Å²) >= 11 is 6.20. The van der Waals surface area contributed by atoms with Crippen molar-refractivity contribution in [2.75, 3.05) is 7.05 Å². The molecular formula is C13H14ClNO. The maximum Gasteiger partial charge on any atom is 0.105 e. The fourth-order valence-electron chi connectivity index (χ4n) is 1.88. The third-order valence-electron chi connectivity index (χ3n) is 2.71. The Morgan fingerprint density at radius 2 is 1.94 bits per heavy atom. The van der Waals surface area contributed by atoms with Crippen LogP contribution in [0.15, 0.2) is 41.0 Å². The molecular weight excluding hydrogens is 222 g/mol. The molecule has 1 atom stereocenters. The van der Waals surface area contributed by atoms with Crippen molar-refractivity contribution < 1.29 is 4.42 Å². The number of halogens is 1. The van der Waals surface area contributed by atoms with E-state index in [9.17, 15) is 0 Å². The predicted octanol–water partition coefficient (Wildman–Crippen LogP) is 3.55. The van der Waals surface area contributed by atoms with Crippen molar-refractivity contribution in [1.82, 2.24) is 5.32 Å². The highest BCUT2D eigenvalue weighted by Crippen LogP contribution is 2.29. The molecule has 2 nitrogen and oxygen atoms in total. The summed E-state index contributed by atoms with van der Waals surface area (Å²) in [7, 11) is 1.92. The van der Waals surface area contributed by atoms with Crippen molar-refractivity contribution in [2.45, 2.75) is 13.0 Å². The third kappa shape index (κ3) is 1.99. The lowest BCUT2D eigenvalue weighted by atomic mass is 9.99. The number of nitrogens with one attached hydrogen (secondary N) is 1. The quantitative estimate of drug-likeness (QED) is 0.880. The lowest BCUT2D eigenvalue weighted by Crippen LogP contribution is -2.18. The smallest absolute Gasteiger partial charge is 0.105 e. The lowest BCUT2D eigenvalue weighted by molar-refractivity contribution is 0.523. The second-order valence-corrected chi connectivity index (χ2v) is 4.08. The van der Waals surface area contributed by atoms with Gasteiger partial charge in [-0.15, -0.1) is 0 Å². The first-order valence-electron chi connectivity index (χ1n) is 5.19. The Morgan fingerprint density at radius 1 is 1.19 bits per heavy atom. The summed E-state index contributed by atoms with van der Waals surface area (Å²) < 4.78 is 5.33. The van der Waals surface area contributed by atoms with Gasteiger partial charge in [0, 0.05) is 10.6 Å². The van der Waals surface area contributed by atoms with E-state index in [1.165, 1.54) is 0 Å². The first-order chi connectivity index (χ1) is 7.74. The Kier molecular flexibility index (Phi) is 3.32. The first-order valence-corrected chi connectivity index (χ1v) is 5.57. The maximum absolute atomic E-state index is 6.20. The fourth-order valence-corrected chi connectivity index (χ4v) is 2.13. The number of furan rings is 1. The minimum absolute atomic E-state index is 0.0763. The average molecular weight is 236 g/mol. The summed E-state index contributed by atoms with van der Waals surface area (Å²) in [5.74, 6) is 0.916. The van der Waals surface area contributed by atoms with Crippen LogP contribution in [0.4, 0.5) is 0 Å². The van der Waals surface area contributed by atoms with E-state index in [0.717, 1.165) is 21.9 Å². The molecule has 0 saturated heterocycles. The van der Waals surface area contributed by atoms with Crippen LogP contribution in [0.5, 0.6) is 0 Å². The minimum atomic E-state index is 0.0763. The number of aryl methyl sites for hydroxylation is 1. The van der Waals surface area contributed by atoms with Gasteiger partial charge in [0.15, 0.2) is 0 Å². The molecule has 0 aliphatic rings. The summed E-state index contributed by atoms with van der Waals surface area (Å²) in [5.41, 5.74) is 2.19. The van der Waals surface area contributed by atoms with E-state index in [-0.39, 0.29) is 6.04 Å². The van der Waals surface area contributed by atoms with Crippen molar-refractivity contribution in [2.24, 2.45) is 0 Å². The maximum atomic E-state index is 6.20. The molecule has 16 heavy (non-hydrogen) atoms. The Balaban J connectivity index is 2.45. The molecule has 1 aromatic carbocycles. The Hall–Kier alpha value is -1.25. The molecule has 0 aliphatic carbocycles. The van der Waals surface area contributed by atoms with Gasteiger partial charge in [0.25, 0.3) is 0 Å². The van der Waals surface area contributed by atoms with Gasteiger partial charge in [-0.05, 0) is 31.7 Å². The average Bonchev–Trinajstić information content (AvgIpc) is 2.69. The first kappa shape index (κ1) is 11.2. The molecule has 84 valence electrons. The number of benzene rings is 1. The van der Waals surface area contributed by atoms with Gasteiger partial charge in [-0.3, -0.25) is 0 Å². The van der Waals surface area contributed by atoms with E-state index < -0.39 is 0 Å². The molecule has 1 N–H and O–H groups in total. The van der Waals surface area contributed by atoms with Gasteiger partial charge in [-0.25, -0.2) is 0 Å². The summed E-state index contributed by atoms with van der Waals surface area (Å²) in [6, 6.07) is 9.89. The molecule has 1 heterocycles. The van der Waals surface area contributed by atoms with Crippen LogP contribution < -0.4 is 5.32 Å². The van der Waals surface area contributed by atoms with Crippen LogP contribution in [0.25, 0.3) is 0 Å². The van der Waals surface area contributed by atoms with Crippen molar-refractivity contribution in [1.29, 1.82) is 0 Å². The van der Waals surface area contributed by atoms with Crippen LogP contribution in [-0.2, 0) is 0 Å². The summed E-state index contributed by atoms with van der Waals surface area (Å²) in [6.45, 7) is 1.95. The van der Waals surface area contributed by atoms with Gasteiger partial charge < -0.3 is 9.73 Å². The van der Waals surface area contributed by atoms with Crippen molar-refractivity contribution in [3.63, 3.8) is 0 Å². The van der Waals surface area contributed by atoms with Gasteiger partial charge in [-0.1, -0.05) is 29.8 Å². The van der Waals surface area contributed by atoms with Gasteiger partial charge in [0.2, 0.25) is 0 Å². The van der Waals surface area contributed by atoms with Gasteiger partial charge in [0.1, 0.15) is 5.76 Å². The highest BCUT2D eigenvalue weighted by molar-refractivity contribution is 6.31. The summed E-state index contributed by atoms with van der Waals surface area (Å²) in [6.07, 6.45) is 1.70. The van der Waals surface area contributed by atoms with Crippen LogP contribution in [0.1, 0.15) is 22.9 Å². The molecule has 0 amide bonds. The molecule has 0 fully saturated rings. The van der Waals surface area contributed by atoms with Gasteiger partial charge >= 0.3 is 0 Å². The highest BCUT2D eigenvalue weighted by Gasteiger charge is 2.17. The Morgan fingerprint density at radius 3 is 2.50 bits per heavy atom. The van der Waals surface area contributed by atoms with Gasteiger partial charge in [0.05, 0.1) is 12.3 Å². The fraction of sp³-hybridized carbons (Fsp3) is 0.231. The predicted molar refractivity (Wildman–Crippen MR) is 65.8 cm³/mol. The van der Waals surface area contributed by atoms with E-state index >= 15 is 0 Å². The van der Waals surface area contributed by atoms with Crippen LogP contribution >= 0.6 is 11.6 Å². The zero-order valence-electron chi connectivity index (χ0n) is 9.33. The zero-order chi connectivity index (χ0) is 11.5. The number of hydrogen-bond donors (Lipinski definition) is 1. The topological polar surface area (TPSA) is 25.2 Å². The molecule has 1 aromatic heterocycles. The molecule has 3 heteroatoms. The second kappa shape index (κ2) is 4.73. The Labute approximate surface area is 100 Å². The highest BCUT2D eigenvalue weighted by atomic mass is 35.5. The van der Waals surface area contributed by atoms with E-state index in [2.05, 4.69) is 5.32 Å². The molecule has 0 bridgehead atoms. The van der Waals surface area contributed by atoms with Crippen LogP contribution in [0, 0.1) is 6.92 Å². The zero-order valence-corrected chi connectivity index (χ0v) is 10.1. The SMILES string of the molecule is CNC(c1ccccc1Cl)c1ccoc1C. The molecule has 0 spiro atoms. The summed E-state index contributed by atoms with van der Waals surface area (Å²) in [5, 5.41) is 4.02. The van der Waals surface area contributed by atoms with E-state index in [0.29, 0.717) is 0 Å². The van der Waals surface area contributed by atoms with E-state index in [1.54, 1.807) is 6.26 Å². The van der Waals surface area contributed by atoms with Crippen LogP contribution in [-0.4, -0.2) is 7.05 Å². The van der Waals surface area contributed by atoms with Crippen molar-refractivity contribution in [3.8, 4) is 0 Å². The largest absolute Gasteiger partial charge is 0.469 e. The number of hydrogen-bond acceptors (Lipinski definition) is 2. The lowest BCUT2D eigenvalue weighted by Gasteiger charge is -2.17. The molecule has 0 radical (unpaired) electrons. The van der Waals surface area contributed by atoms with Crippen molar-refractivity contribution in [3.05, 3.63) is 58.5 Å². The van der Waals surface area contributed by atoms with Crippen molar-refractivity contribution >= 4 is 11.6 Å². The van der Waals surface area contributed by atoms with Crippen LogP contribution in [0.2, 0.25) is 5.02 Å². The van der Waals surface area contributed by atoms with Gasteiger partial charge in [-0.2, -0.15) is 0 Å².